The number of rotatable bonds is 52. The molecular weight excluding hydrogens is 834 g/mol. The summed E-state index contributed by atoms with van der Waals surface area (Å²) in [5.74, 6) is -0.433. The second-order valence-corrected chi connectivity index (χ2v) is 21.0. The van der Waals surface area contributed by atoms with Gasteiger partial charge in [-0.15, -0.1) is 0 Å². The average Bonchev–Trinajstić information content (AvgIpc) is 3.29. The van der Waals surface area contributed by atoms with Gasteiger partial charge in [0.15, 0.2) is 5.79 Å². The van der Waals surface area contributed by atoms with Gasteiger partial charge in [-0.25, -0.2) is 0 Å². The number of Topliss-reactive ketones (excluding diaryl/α,β-unsaturated/α-hetero) is 2. The van der Waals surface area contributed by atoms with Gasteiger partial charge in [-0.05, 0) is 97.3 Å². The van der Waals surface area contributed by atoms with Crippen molar-refractivity contribution in [3.63, 3.8) is 0 Å². The van der Waals surface area contributed by atoms with Gasteiger partial charge in [-0.2, -0.15) is 0 Å². The monoisotopic (exact) mass is 938 g/mol. The third-order valence-electron chi connectivity index (χ3n) is 12.0. The molecule has 0 aromatic heterocycles. The first kappa shape index (κ1) is 63.4. The minimum Gasteiger partial charge on any atom is -0.354 e. The summed E-state index contributed by atoms with van der Waals surface area (Å²) in [6.07, 6.45) is 48.3. The molecular formula is C55H104NO8P. The van der Waals surface area contributed by atoms with E-state index >= 15 is 0 Å². The fourth-order valence-electron chi connectivity index (χ4n) is 7.71. The molecule has 1 N–H and O–H groups in total. The van der Waals surface area contributed by atoms with E-state index in [4.69, 9.17) is 18.5 Å². The summed E-state index contributed by atoms with van der Waals surface area (Å²) in [7, 11) is -3.50. The third kappa shape index (κ3) is 47.2. The van der Waals surface area contributed by atoms with Gasteiger partial charge in [-0.3, -0.25) is 18.9 Å². The van der Waals surface area contributed by atoms with Gasteiger partial charge in [-0.1, -0.05) is 161 Å². The van der Waals surface area contributed by atoms with E-state index in [2.05, 4.69) is 43.5 Å². The number of carbonyl (C=O) groups excluding carboxylic acids is 3. The van der Waals surface area contributed by atoms with Gasteiger partial charge in [0.05, 0.1) is 32.6 Å². The maximum Gasteiger partial charge on any atom is 0.330 e. The van der Waals surface area contributed by atoms with E-state index in [1.165, 1.54) is 128 Å². The minimum absolute atomic E-state index is 0.0210. The number of unbranched alkanes of at least 4 members (excludes halogenated alkanes) is 24. The van der Waals surface area contributed by atoms with Gasteiger partial charge < -0.3 is 23.8 Å². The Bertz CT molecular complexity index is 1140. The van der Waals surface area contributed by atoms with Crippen molar-refractivity contribution in [3.8, 4) is 0 Å². The Balaban J connectivity index is 4.42. The summed E-state index contributed by atoms with van der Waals surface area (Å²) < 4.78 is 37.3. The molecule has 0 aliphatic carbocycles. The highest BCUT2D eigenvalue weighted by molar-refractivity contribution is 7.53. The van der Waals surface area contributed by atoms with Crippen molar-refractivity contribution in [2.75, 3.05) is 39.1 Å². The molecule has 0 bridgehead atoms. The van der Waals surface area contributed by atoms with Crippen molar-refractivity contribution in [2.24, 2.45) is 0 Å². The molecule has 1 atom stereocenters. The molecule has 0 aliphatic heterocycles. The van der Waals surface area contributed by atoms with E-state index in [0.29, 0.717) is 64.6 Å². The van der Waals surface area contributed by atoms with Gasteiger partial charge in [0.2, 0.25) is 5.91 Å². The van der Waals surface area contributed by atoms with Gasteiger partial charge >= 0.3 is 7.60 Å². The van der Waals surface area contributed by atoms with Crippen molar-refractivity contribution in [1.29, 1.82) is 0 Å². The zero-order valence-electron chi connectivity index (χ0n) is 43.2. The summed E-state index contributed by atoms with van der Waals surface area (Å²) in [5, 5.41) is 2.91. The Morgan fingerprint density at radius 1 is 0.446 bits per heavy atom. The summed E-state index contributed by atoms with van der Waals surface area (Å²) in [6, 6.07) is 0. The molecule has 0 fully saturated rings. The van der Waals surface area contributed by atoms with Crippen LogP contribution in [-0.4, -0.2) is 62.4 Å². The smallest absolute Gasteiger partial charge is 0.330 e. The predicted molar refractivity (Wildman–Crippen MR) is 275 cm³/mol. The maximum absolute atomic E-state index is 13.8. The molecule has 10 heteroatoms. The lowest BCUT2D eigenvalue weighted by molar-refractivity contribution is -0.213. The molecule has 0 saturated heterocycles. The zero-order chi connectivity index (χ0) is 47.8. The lowest BCUT2D eigenvalue weighted by Gasteiger charge is -2.26. The van der Waals surface area contributed by atoms with E-state index in [0.717, 1.165) is 51.4 Å². The molecule has 0 radical (unpaired) electrons. The lowest BCUT2D eigenvalue weighted by Crippen LogP contribution is -2.29. The average molecular weight is 938 g/mol. The third-order valence-corrected chi connectivity index (χ3v) is 14.0. The van der Waals surface area contributed by atoms with Crippen molar-refractivity contribution in [3.05, 3.63) is 24.3 Å². The van der Waals surface area contributed by atoms with Crippen molar-refractivity contribution in [1.82, 2.24) is 5.32 Å². The van der Waals surface area contributed by atoms with Gasteiger partial charge in [0.25, 0.3) is 0 Å². The number of nitrogens with one attached hydrogen (secondary N) is 1. The lowest BCUT2D eigenvalue weighted by atomic mass is 10.1. The second kappa shape index (κ2) is 47.4. The molecule has 0 aromatic carbocycles. The van der Waals surface area contributed by atoms with Crippen molar-refractivity contribution >= 4 is 25.1 Å². The normalized spacial score (nSPS) is 13.0. The quantitative estimate of drug-likeness (QED) is 0.0277. The molecule has 65 heavy (non-hydrogen) atoms. The predicted octanol–water partition coefficient (Wildman–Crippen LogP) is 16.5. The zero-order valence-corrected chi connectivity index (χ0v) is 44.1. The Hall–Kier alpha value is -1.64. The number of ether oxygens (including phenoxy) is 2. The van der Waals surface area contributed by atoms with Crippen LogP contribution in [0, 0.1) is 0 Å². The highest BCUT2D eigenvalue weighted by atomic mass is 31.2. The van der Waals surface area contributed by atoms with Crippen LogP contribution in [-0.2, 0) is 37.5 Å². The first-order valence-corrected chi connectivity index (χ1v) is 29.1. The van der Waals surface area contributed by atoms with E-state index in [1.807, 2.05) is 20.8 Å². The first-order chi connectivity index (χ1) is 31.6. The first-order valence-electron chi connectivity index (χ1n) is 27.3. The number of allylic oxidation sites excluding steroid dienone is 4. The summed E-state index contributed by atoms with van der Waals surface area (Å²) in [4.78, 5) is 36.7. The Kier molecular flexibility index (Phi) is 46.2. The van der Waals surface area contributed by atoms with Crippen LogP contribution in [0.25, 0.3) is 0 Å². The number of carbonyl (C=O) groups is 3. The minimum atomic E-state index is -3.50. The molecule has 0 heterocycles. The van der Waals surface area contributed by atoms with Crippen LogP contribution in [0.1, 0.15) is 266 Å². The fourth-order valence-corrected chi connectivity index (χ4v) is 9.34. The number of ketones is 2. The second-order valence-electron chi connectivity index (χ2n) is 18.8. The van der Waals surface area contributed by atoms with Crippen LogP contribution < -0.4 is 5.32 Å². The number of amides is 1. The molecule has 0 saturated carbocycles. The Morgan fingerprint density at radius 3 is 1.32 bits per heavy atom. The van der Waals surface area contributed by atoms with Gasteiger partial charge in [0, 0.05) is 38.6 Å². The summed E-state index contributed by atoms with van der Waals surface area (Å²) in [5.41, 5.74) is 0. The molecule has 1 unspecified atom stereocenters. The largest absolute Gasteiger partial charge is 0.354 e. The van der Waals surface area contributed by atoms with E-state index in [9.17, 15) is 18.9 Å². The van der Waals surface area contributed by atoms with Crippen LogP contribution in [0.3, 0.4) is 0 Å². The Morgan fingerprint density at radius 2 is 0.831 bits per heavy atom. The van der Waals surface area contributed by atoms with Crippen LogP contribution in [0.4, 0.5) is 0 Å². The van der Waals surface area contributed by atoms with Crippen LogP contribution in [0.2, 0.25) is 0 Å². The summed E-state index contributed by atoms with van der Waals surface area (Å²) >= 11 is 0. The molecule has 0 aromatic rings. The highest BCUT2D eigenvalue weighted by Gasteiger charge is 2.26. The highest BCUT2D eigenvalue weighted by Crippen LogP contribution is 2.48. The fraction of sp³-hybridized carbons (Fsp3) is 0.873. The Labute approximate surface area is 401 Å². The molecule has 0 aliphatic rings. The molecule has 1 amide bonds. The molecule has 382 valence electrons. The SMILES string of the molecule is CCCCCCCCC/C=C\CCCCCCCC(=O)CCCOP(=O)(CCCOC(C)(C)OCCCC(=O)CC)OCCNC(=O)CCCCCCC/C=C\CCCCCCCCC. The van der Waals surface area contributed by atoms with E-state index in [-0.39, 0.29) is 43.4 Å². The van der Waals surface area contributed by atoms with Crippen molar-refractivity contribution < 1.29 is 37.5 Å². The number of hydrogen-bond acceptors (Lipinski definition) is 8. The molecule has 9 nitrogen and oxygen atoms in total. The van der Waals surface area contributed by atoms with E-state index in [1.54, 1.807) is 0 Å². The maximum atomic E-state index is 13.8. The van der Waals surface area contributed by atoms with Crippen LogP contribution in [0.5, 0.6) is 0 Å². The molecule has 0 rings (SSSR count). The van der Waals surface area contributed by atoms with Crippen LogP contribution >= 0.6 is 7.60 Å². The standard InChI is InChI=1S/C55H104NO8P/c1-6-9-11-13-15-17-19-21-23-25-27-29-31-33-35-37-42-53(58)44-40-49-63-65(60,51-41-48-62-55(4,5)61-47-39-43-52(57)8-3)64-50-46-56-54(59)45-38-36-34-32-30-28-26-24-22-20-18-16-14-12-10-7-2/h23-26H,6-22,27-51H2,1-5H3,(H,56,59)/b25-23-,26-24-. The van der Waals surface area contributed by atoms with Crippen LogP contribution in [0.15, 0.2) is 24.3 Å². The van der Waals surface area contributed by atoms with E-state index < -0.39 is 13.4 Å². The van der Waals surface area contributed by atoms with Gasteiger partial charge in [0.1, 0.15) is 11.6 Å². The topological polar surface area (TPSA) is 117 Å². The summed E-state index contributed by atoms with van der Waals surface area (Å²) in [6.45, 7) is 11.3. The van der Waals surface area contributed by atoms with Crippen molar-refractivity contribution in [2.45, 2.75) is 272 Å². The number of hydrogen-bond donors (Lipinski definition) is 1. The molecule has 0 spiro atoms.